The fraction of sp³-hybridized carbons (Fsp3) is 0.133. The minimum absolute atomic E-state index is 0.128. The van der Waals surface area contributed by atoms with Crippen molar-refractivity contribution in [1.29, 1.82) is 10.5 Å². The lowest BCUT2D eigenvalue weighted by atomic mass is 9.85. The van der Waals surface area contributed by atoms with E-state index in [4.69, 9.17) is 8.83 Å². The van der Waals surface area contributed by atoms with Crippen LogP contribution in [0.25, 0.3) is 110 Å². The summed E-state index contributed by atoms with van der Waals surface area (Å²) in [4.78, 5) is 0. The third-order valence-electron chi connectivity index (χ3n) is 13.6. The third kappa shape index (κ3) is 5.65. The van der Waals surface area contributed by atoms with Crippen LogP contribution in [0.1, 0.15) is 63.8 Å². The van der Waals surface area contributed by atoms with Crippen LogP contribution in [0, 0.1) is 22.7 Å². The Bertz CT molecular complexity index is 4090. The summed E-state index contributed by atoms with van der Waals surface area (Å²) in [5.41, 5.74) is 8.71. The number of hydrogen-bond donors (Lipinski definition) is 0. The summed E-state index contributed by atoms with van der Waals surface area (Å²) < 4.78 is 18.9. The highest BCUT2D eigenvalue weighted by Crippen LogP contribution is 2.46. The molecule has 66 heavy (non-hydrogen) atoms. The van der Waals surface area contributed by atoms with Crippen molar-refractivity contribution in [2.24, 2.45) is 0 Å². The van der Waals surface area contributed by atoms with Crippen LogP contribution in [0.15, 0.2) is 167 Å². The van der Waals surface area contributed by atoms with Crippen LogP contribution >= 0.6 is 0 Å². The second kappa shape index (κ2) is 14.1. The van der Waals surface area contributed by atoms with E-state index in [2.05, 4.69) is 160 Å². The van der Waals surface area contributed by atoms with Gasteiger partial charge in [-0.3, -0.25) is 0 Å². The fourth-order valence-electron chi connectivity index (χ4n) is 10.3. The molecule has 0 N–H and O–H groups in total. The van der Waals surface area contributed by atoms with Gasteiger partial charge in [0.2, 0.25) is 0 Å². The van der Waals surface area contributed by atoms with Gasteiger partial charge in [0, 0.05) is 32.3 Å². The van der Waals surface area contributed by atoms with Crippen LogP contribution < -0.4 is 0 Å². The predicted octanol–water partition coefficient (Wildman–Crippen LogP) is 16.3. The van der Waals surface area contributed by atoms with Crippen molar-refractivity contribution in [2.45, 2.75) is 52.4 Å². The average molecular weight is 853 g/mol. The number of aromatic nitrogens is 2. The van der Waals surface area contributed by atoms with Gasteiger partial charge in [-0.1, -0.05) is 151 Å². The number of nitriles is 2. The number of hydrogen-bond acceptors (Lipinski definition) is 4. The Balaban J connectivity index is 1.39. The second-order valence-corrected chi connectivity index (χ2v) is 19.5. The number of para-hydroxylation sites is 2. The van der Waals surface area contributed by atoms with Gasteiger partial charge >= 0.3 is 0 Å². The van der Waals surface area contributed by atoms with Gasteiger partial charge in [-0.15, -0.1) is 0 Å². The van der Waals surface area contributed by atoms with E-state index in [-0.39, 0.29) is 33.1 Å². The zero-order valence-corrected chi connectivity index (χ0v) is 37.6. The Kier molecular flexibility index (Phi) is 8.39. The molecule has 316 valence electrons. The number of nitrogens with zero attached hydrogens (tertiary/aromatic N) is 4. The van der Waals surface area contributed by atoms with E-state index < -0.39 is 0 Å². The van der Waals surface area contributed by atoms with E-state index in [0.717, 1.165) is 75.9 Å². The summed E-state index contributed by atoms with van der Waals surface area (Å²) in [6.07, 6.45) is 0. The molecular formula is C60H44N4O2. The molecule has 12 rings (SSSR count). The molecule has 0 aliphatic rings. The Morgan fingerprint density at radius 2 is 0.758 bits per heavy atom. The fourth-order valence-corrected chi connectivity index (χ4v) is 10.3. The monoisotopic (exact) mass is 852 g/mol. The van der Waals surface area contributed by atoms with Crippen LogP contribution in [0.3, 0.4) is 0 Å². The van der Waals surface area contributed by atoms with Gasteiger partial charge in [-0.05, 0) is 92.0 Å². The molecule has 0 radical (unpaired) electrons. The molecule has 0 atom stereocenters. The molecule has 0 aliphatic carbocycles. The summed E-state index contributed by atoms with van der Waals surface area (Å²) in [5, 5.41) is 33.8. The van der Waals surface area contributed by atoms with Crippen molar-refractivity contribution in [3.8, 4) is 23.5 Å². The van der Waals surface area contributed by atoms with Crippen LogP contribution in [0.2, 0.25) is 0 Å². The lowest BCUT2D eigenvalue weighted by Gasteiger charge is -2.22. The standard InChI is InChI=1S/C60H44N4O2/c1-59(2,3)37-25-27-49-43(31-37)44-32-38(60(4,5)6)26-28-50(44)64(49)56-46(34-62)58-57(45(33-61)55(56)63-47-21-13-11-19-41(47)42-20-12-14-22-48(42)63)65-51-29-23-35-15-7-9-17-39(35)53(51)54-40-18-10-8-16-36(40)24-30-52(54)66-58/h7-32H,1-6H3. The van der Waals surface area contributed by atoms with Gasteiger partial charge in [0.05, 0.1) is 33.4 Å². The maximum atomic E-state index is 12.0. The number of rotatable bonds is 2. The molecule has 0 amide bonds. The SMILES string of the molecule is CC(C)(C)c1ccc2c(c1)c1cc(C(C)(C)C)ccc1n2-c1c(-n2c3ccccc3c3ccccc32)c(C#N)c2oc3ccc4ccccc4c3c3c(ccc4ccccc43)oc2c1C#N. The normalized spacial score (nSPS) is 12.4. The van der Waals surface area contributed by atoms with Crippen LogP contribution in [0.5, 0.6) is 0 Å². The maximum absolute atomic E-state index is 12.0. The first-order chi connectivity index (χ1) is 31.9. The number of fused-ring (bicyclic) bond motifs is 14. The van der Waals surface area contributed by atoms with Gasteiger partial charge in [0.1, 0.15) is 34.4 Å². The molecule has 3 aromatic heterocycles. The molecule has 0 bridgehead atoms. The van der Waals surface area contributed by atoms with E-state index in [9.17, 15) is 10.5 Å². The van der Waals surface area contributed by atoms with Crippen molar-refractivity contribution >= 4 is 98.3 Å². The molecule has 12 aromatic rings. The quantitative estimate of drug-likeness (QED) is 0.173. The minimum atomic E-state index is -0.128. The molecule has 0 aliphatic heterocycles. The lowest BCUT2D eigenvalue weighted by Crippen LogP contribution is -2.11. The molecule has 9 aromatic carbocycles. The Morgan fingerprint density at radius 1 is 0.394 bits per heavy atom. The largest absolute Gasteiger partial charge is 0.451 e. The zero-order chi connectivity index (χ0) is 45.2. The minimum Gasteiger partial charge on any atom is -0.451 e. The molecule has 6 nitrogen and oxygen atoms in total. The van der Waals surface area contributed by atoms with E-state index in [1.807, 2.05) is 60.7 Å². The maximum Gasteiger partial charge on any atom is 0.191 e. The summed E-state index contributed by atoms with van der Waals surface area (Å²) in [6, 6.07) is 59.8. The van der Waals surface area contributed by atoms with E-state index in [1.165, 1.54) is 11.1 Å². The van der Waals surface area contributed by atoms with Crippen molar-refractivity contribution in [1.82, 2.24) is 9.13 Å². The molecule has 0 saturated carbocycles. The molecular weight excluding hydrogens is 809 g/mol. The first-order valence-electron chi connectivity index (χ1n) is 22.5. The van der Waals surface area contributed by atoms with Crippen molar-refractivity contribution in [3.05, 3.63) is 180 Å². The molecule has 0 saturated heterocycles. The van der Waals surface area contributed by atoms with Gasteiger partial charge in [0.25, 0.3) is 0 Å². The predicted molar refractivity (Wildman–Crippen MR) is 272 cm³/mol. The Morgan fingerprint density at radius 3 is 1.15 bits per heavy atom. The summed E-state index contributed by atoms with van der Waals surface area (Å²) in [7, 11) is 0. The highest BCUT2D eigenvalue weighted by atomic mass is 16.4. The number of benzene rings is 9. The summed E-state index contributed by atoms with van der Waals surface area (Å²) >= 11 is 0. The molecule has 0 spiro atoms. The highest BCUT2D eigenvalue weighted by molar-refractivity contribution is 6.25. The van der Waals surface area contributed by atoms with Gasteiger partial charge in [-0.2, -0.15) is 10.5 Å². The van der Waals surface area contributed by atoms with Gasteiger partial charge in [0.15, 0.2) is 11.2 Å². The Hall–Kier alpha value is -8.32. The molecule has 3 heterocycles. The first kappa shape index (κ1) is 39.3. The highest BCUT2D eigenvalue weighted by Gasteiger charge is 2.31. The molecule has 6 heteroatoms. The third-order valence-corrected chi connectivity index (χ3v) is 13.6. The average Bonchev–Trinajstić information content (AvgIpc) is 3.82. The smallest absolute Gasteiger partial charge is 0.191 e. The van der Waals surface area contributed by atoms with Crippen molar-refractivity contribution in [3.63, 3.8) is 0 Å². The zero-order valence-electron chi connectivity index (χ0n) is 37.6. The van der Waals surface area contributed by atoms with Gasteiger partial charge in [-0.25, -0.2) is 0 Å². The van der Waals surface area contributed by atoms with Crippen LogP contribution in [0.4, 0.5) is 0 Å². The van der Waals surface area contributed by atoms with E-state index in [0.29, 0.717) is 22.5 Å². The topological polar surface area (TPSA) is 83.7 Å². The first-order valence-corrected chi connectivity index (χ1v) is 22.5. The summed E-state index contributed by atoms with van der Waals surface area (Å²) in [5.74, 6) is 0. The second-order valence-electron chi connectivity index (χ2n) is 19.5. The molecule has 0 unspecified atom stereocenters. The molecule has 0 fully saturated rings. The van der Waals surface area contributed by atoms with Gasteiger partial charge < -0.3 is 18.0 Å². The summed E-state index contributed by atoms with van der Waals surface area (Å²) in [6.45, 7) is 13.4. The van der Waals surface area contributed by atoms with E-state index >= 15 is 0 Å². The lowest BCUT2D eigenvalue weighted by molar-refractivity contribution is 0.590. The van der Waals surface area contributed by atoms with E-state index in [1.54, 1.807) is 0 Å². The Labute approximate surface area is 381 Å². The van der Waals surface area contributed by atoms with Crippen molar-refractivity contribution in [2.75, 3.05) is 0 Å². The van der Waals surface area contributed by atoms with Crippen molar-refractivity contribution < 1.29 is 8.83 Å². The van der Waals surface area contributed by atoms with Crippen LogP contribution in [-0.2, 0) is 10.8 Å². The van der Waals surface area contributed by atoms with Crippen LogP contribution in [-0.4, -0.2) is 9.13 Å².